The molecule has 1 N–H and O–H groups in total. The Labute approximate surface area is 130 Å². The second-order valence-corrected chi connectivity index (χ2v) is 6.21. The number of hydrogen-bond acceptors (Lipinski definition) is 4. The summed E-state index contributed by atoms with van der Waals surface area (Å²) in [5.41, 5.74) is -0.0563. The van der Waals surface area contributed by atoms with Crippen molar-refractivity contribution >= 4 is 34.4 Å². The average Bonchev–Trinajstić information content (AvgIpc) is 2.80. The van der Waals surface area contributed by atoms with Crippen LogP contribution >= 0.6 is 11.8 Å². The van der Waals surface area contributed by atoms with E-state index >= 15 is 0 Å². The fourth-order valence-electron chi connectivity index (χ4n) is 2.68. The van der Waals surface area contributed by atoms with Crippen LogP contribution in [0.25, 0.3) is 10.8 Å². The van der Waals surface area contributed by atoms with E-state index in [0.29, 0.717) is 12.2 Å². The van der Waals surface area contributed by atoms with Gasteiger partial charge in [0, 0.05) is 5.39 Å². The molecule has 0 aromatic heterocycles. The van der Waals surface area contributed by atoms with Crippen LogP contribution in [-0.2, 0) is 9.59 Å². The van der Waals surface area contributed by atoms with E-state index < -0.39 is 5.97 Å². The molecule has 1 unspecified atom stereocenters. The van der Waals surface area contributed by atoms with Crippen molar-refractivity contribution in [2.75, 3.05) is 0 Å². The maximum Gasteiger partial charge on any atom is 0.357 e. The van der Waals surface area contributed by atoms with Crippen LogP contribution in [0, 0.1) is 0 Å². The van der Waals surface area contributed by atoms with Gasteiger partial charge in [0.1, 0.15) is 5.75 Å². The van der Waals surface area contributed by atoms with Crippen molar-refractivity contribution in [2.24, 2.45) is 0 Å². The molecule has 1 saturated heterocycles. The Morgan fingerprint density at radius 1 is 1.23 bits per heavy atom. The molecule has 2 aromatic carbocycles. The lowest BCUT2D eigenvalue weighted by atomic mass is 10.1. The molecule has 4 rings (SSSR count). The van der Waals surface area contributed by atoms with Gasteiger partial charge in [-0.1, -0.05) is 48.2 Å². The van der Waals surface area contributed by atoms with E-state index in [4.69, 9.17) is 4.74 Å². The Morgan fingerprint density at radius 3 is 2.77 bits per heavy atom. The van der Waals surface area contributed by atoms with Crippen molar-refractivity contribution < 1.29 is 19.4 Å². The molecule has 110 valence electrons. The first-order valence-corrected chi connectivity index (χ1v) is 7.65. The van der Waals surface area contributed by atoms with Gasteiger partial charge in [0.15, 0.2) is 10.8 Å². The van der Waals surface area contributed by atoms with Gasteiger partial charge in [-0.3, -0.25) is 9.69 Å². The van der Waals surface area contributed by atoms with Gasteiger partial charge in [-0.25, -0.2) is 4.79 Å². The lowest BCUT2D eigenvalue weighted by molar-refractivity contribution is -0.145. The van der Waals surface area contributed by atoms with Crippen molar-refractivity contribution in [1.82, 2.24) is 4.90 Å². The maximum atomic E-state index is 11.6. The van der Waals surface area contributed by atoms with Crippen LogP contribution in [0.5, 0.6) is 5.75 Å². The SMILES string of the molecule is O=C(O)C1=C(Oc2cccc3ccccc23)SC2CC(=O)N12. The third-order valence-electron chi connectivity index (χ3n) is 3.74. The molecular weight excluding hydrogens is 302 g/mol. The standard InChI is InChI=1S/C16H11NO4S/c18-12-8-13-17(12)14(15(19)20)16(22-13)21-11-7-3-5-9-4-1-2-6-10(9)11/h1-7,13H,8H2,(H,19,20). The second kappa shape index (κ2) is 4.78. The molecule has 0 spiro atoms. The summed E-state index contributed by atoms with van der Waals surface area (Å²) < 4.78 is 5.86. The number of thioether (sulfide) groups is 1. The van der Waals surface area contributed by atoms with Crippen molar-refractivity contribution in [3.63, 3.8) is 0 Å². The van der Waals surface area contributed by atoms with Crippen LogP contribution < -0.4 is 4.74 Å². The fourth-order valence-corrected chi connectivity index (χ4v) is 3.91. The van der Waals surface area contributed by atoms with Gasteiger partial charge in [-0.15, -0.1) is 0 Å². The van der Waals surface area contributed by atoms with E-state index in [0.717, 1.165) is 10.8 Å². The number of fused-ring (bicyclic) bond motifs is 2. The number of amides is 1. The minimum atomic E-state index is -1.14. The number of benzene rings is 2. The molecule has 0 bridgehead atoms. The highest BCUT2D eigenvalue weighted by Crippen LogP contribution is 2.47. The molecule has 2 heterocycles. The van der Waals surface area contributed by atoms with Gasteiger partial charge >= 0.3 is 5.97 Å². The first-order chi connectivity index (χ1) is 10.6. The van der Waals surface area contributed by atoms with Crippen LogP contribution in [0.1, 0.15) is 6.42 Å². The molecule has 1 amide bonds. The molecular formula is C16H11NO4S. The Balaban J connectivity index is 1.77. The Kier molecular flexibility index (Phi) is 2.87. The zero-order valence-electron chi connectivity index (χ0n) is 11.4. The molecule has 0 radical (unpaired) electrons. The van der Waals surface area contributed by atoms with Crippen molar-refractivity contribution in [3.05, 3.63) is 53.3 Å². The third kappa shape index (κ3) is 1.88. The van der Waals surface area contributed by atoms with Gasteiger partial charge in [0.2, 0.25) is 5.91 Å². The number of aliphatic carboxylic acids is 1. The van der Waals surface area contributed by atoms with Crippen molar-refractivity contribution in [2.45, 2.75) is 11.8 Å². The number of rotatable bonds is 3. The van der Waals surface area contributed by atoms with Gasteiger partial charge in [0.25, 0.3) is 0 Å². The van der Waals surface area contributed by atoms with E-state index in [-0.39, 0.29) is 22.1 Å². The van der Waals surface area contributed by atoms with Crippen LogP contribution in [0.15, 0.2) is 53.3 Å². The van der Waals surface area contributed by atoms with Crippen molar-refractivity contribution in [1.29, 1.82) is 0 Å². The maximum absolute atomic E-state index is 11.6. The fraction of sp³-hybridized carbons (Fsp3) is 0.125. The third-order valence-corrected chi connectivity index (χ3v) is 4.88. The number of hydrogen-bond donors (Lipinski definition) is 1. The monoisotopic (exact) mass is 313 g/mol. The highest BCUT2D eigenvalue weighted by atomic mass is 32.2. The average molecular weight is 313 g/mol. The summed E-state index contributed by atoms with van der Waals surface area (Å²) >= 11 is 1.29. The number of carboxylic acids is 1. The van der Waals surface area contributed by atoms with Gasteiger partial charge < -0.3 is 9.84 Å². The second-order valence-electron chi connectivity index (χ2n) is 5.06. The summed E-state index contributed by atoms with van der Waals surface area (Å²) in [7, 11) is 0. The summed E-state index contributed by atoms with van der Waals surface area (Å²) in [6, 6.07) is 13.3. The number of carbonyl (C=O) groups excluding carboxylic acids is 1. The lowest BCUT2D eigenvalue weighted by Gasteiger charge is -2.33. The number of nitrogens with zero attached hydrogens (tertiary/aromatic N) is 1. The largest absolute Gasteiger partial charge is 0.476 e. The Morgan fingerprint density at radius 2 is 2.00 bits per heavy atom. The van der Waals surface area contributed by atoms with Gasteiger partial charge in [-0.2, -0.15) is 0 Å². The molecule has 6 heteroatoms. The van der Waals surface area contributed by atoms with E-state index in [9.17, 15) is 14.7 Å². The molecule has 5 nitrogen and oxygen atoms in total. The molecule has 1 atom stereocenters. The predicted molar refractivity (Wildman–Crippen MR) is 82.1 cm³/mol. The van der Waals surface area contributed by atoms with Crippen LogP contribution in [0.3, 0.4) is 0 Å². The minimum absolute atomic E-state index is 0.0563. The first-order valence-electron chi connectivity index (χ1n) is 6.77. The van der Waals surface area contributed by atoms with Gasteiger partial charge in [-0.05, 0) is 11.5 Å². The Bertz CT molecular complexity index is 840. The van der Waals surface area contributed by atoms with Gasteiger partial charge in [0.05, 0.1) is 11.8 Å². The summed E-state index contributed by atoms with van der Waals surface area (Å²) in [5, 5.41) is 11.4. The summed E-state index contributed by atoms with van der Waals surface area (Å²) in [6.07, 6.45) is 0.351. The molecule has 0 aliphatic carbocycles. The quantitative estimate of drug-likeness (QED) is 0.883. The lowest BCUT2D eigenvalue weighted by Crippen LogP contribution is -2.48. The number of carboxylic acid groups (broad SMARTS) is 1. The van der Waals surface area contributed by atoms with E-state index in [1.54, 1.807) is 6.07 Å². The van der Waals surface area contributed by atoms with Crippen LogP contribution in [0.2, 0.25) is 0 Å². The number of ether oxygens (including phenoxy) is 1. The molecule has 0 saturated carbocycles. The summed E-state index contributed by atoms with van der Waals surface area (Å²) in [6.45, 7) is 0. The zero-order chi connectivity index (χ0) is 15.3. The Hall–Kier alpha value is -2.47. The smallest absolute Gasteiger partial charge is 0.357 e. The van der Waals surface area contributed by atoms with E-state index in [2.05, 4.69) is 0 Å². The highest BCUT2D eigenvalue weighted by Gasteiger charge is 2.49. The minimum Gasteiger partial charge on any atom is -0.476 e. The highest BCUT2D eigenvalue weighted by molar-refractivity contribution is 8.03. The molecule has 2 aliphatic heterocycles. The molecule has 2 aliphatic rings. The van der Waals surface area contributed by atoms with E-state index in [1.165, 1.54) is 16.7 Å². The predicted octanol–water partition coefficient (Wildman–Crippen LogP) is 2.78. The van der Waals surface area contributed by atoms with Crippen molar-refractivity contribution in [3.8, 4) is 5.75 Å². The van der Waals surface area contributed by atoms with Crippen LogP contribution in [0.4, 0.5) is 0 Å². The number of carbonyl (C=O) groups is 2. The van der Waals surface area contributed by atoms with E-state index in [1.807, 2.05) is 36.4 Å². The number of β-lactam (4-membered cyclic amide) rings is 1. The first kappa shape index (κ1) is 13.2. The molecule has 22 heavy (non-hydrogen) atoms. The molecule has 2 aromatic rings. The summed E-state index contributed by atoms with van der Waals surface area (Å²) in [5.74, 6) is -0.723. The topological polar surface area (TPSA) is 66.8 Å². The normalized spacial score (nSPS) is 20.1. The summed E-state index contributed by atoms with van der Waals surface area (Å²) in [4.78, 5) is 24.4. The molecule has 1 fully saturated rings. The van der Waals surface area contributed by atoms with Crippen LogP contribution in [-0.4, -0.2) is 27.3 Å². The zero-order valence-corrected chi connectivity index (χ0v) is 12.2.